The zero-order valence-corrected chi connectivity index (χ0v) is 21.4. The minimum Gasteiger partial charge on any atom is -0.493 e. The first-order valence-electron chi connectivity index (χ1n) is 12.4. The molecule has 3 aromatic rings. The summed E-state index contributed by atoms with van der Waals surface area (Å²) >= 11 is 0. The molecule has 8 nitrogen and oxygen atoms in total. The minimum atomic E-state index is -0.555. The van der Waals surface area contributed by atoms with E-state index >= 15 is 0 Å². The largest absolute Gasteiger partial charge is 0.493 e. The van der Waals surface area contributed by atoms with Crippen molar-refractivity contribution in [3.05, 3.63) is 48.5 Å². The number of methoxy groups -OCH3 is 1. The van der Waals surface area contributed by atoms with Gasteiger partial charge in [-0.25, -0.2) is 0 Å². The van der Waals surface area contributed by atoms with Gasteiger partial charge in [0.2, 0.25) is 5.88 Å². The Morgan fingerprint density at radius 1 is 1.08 bits per heavy atom. The lowest BCUT2D eigenvalue weighted by atomic mass is 9.65. The first kappa shape index (κ1) is 24.3. The summed E-state index contributed by atoms with van der Waals surface area (Å²) in [4.78, 5) is 14.9. The predicted molar refractivity (Wildman–Crippen MR) is 138 cm³/mol. The molecule has 0 spiro atoms. The quantitative estimate of drug-likeness (QED) is 0.416. The molecule has 1 aliphatic heterocycles. The molecular formula is C28H34N4O4. The van der Waals surface area contributed by atoms with E-state index in [2.05, 4.69) is 35.9 Å². The third-order valence-corrected chi connectivity index (χ3v) is 7.45. The highest BCUT2D eigenvalue weighted by Gasteiger charge is 2.49. The molecule has 2 aromatic carbocycles. The summed E-state index contributed by atoms with van der Waals surface area (Å²) in [5.41, 5.74) is 1.78. The monoisotopic (exact) mass is 490 g/mol. The summed E-state index contributed by atoms with van der Waals surface area (Å²) in [5, 5.41) is 19.9. The van der Waals surface area contributed by atoms with Crippen LogP contribution in [-0.2, 0) is 11.5 Å². The first-order valence-corrected chi connectivity index (χ1v) is 12.4. The van der Waals surface area contributed by atoms with Gasteiger partial charge in [0.05, 0.1) is 19.3 Å². The summed E-state index contributed by atoms with van der Waals surface area (Å²) in [6, 6.07) is 15.3. The molecule has 1 saturated heterocycles. The van der Waals surface area contributed by atoms with Crippen LogP contribution in [0.1, 0.15) is 40.0 Å². The molecule has 190 valence electrons. The van der Waals surface area contributed by atoms with Gasteiger partial charge in [0.15, 0.2) is 23.8 Å². The molecule has 1 aromatic heterocycles. The van der Waals surface area contributed by atoms with Crippen molar-refractivity contribution in [2.75, 3.05) is 20.3 Å². The number of amides is 1. The average molecular weight is 491 g/mol. The van der Waals surface area contributed by atoms with E-state index in [1.807, 2.05) is 34.9 Å². The van der Waals surface area contributed by atoms with Gasteiger partial charge < -0.3 is 14.6 Å². The van der Waals surface area contributed by atoms with Crippen molar-refractivity contribution in [2.45, 2.75) is 52.7 Å². The molecule has 5 rings (SSSR count). The van der Waals surface area contributed by atoms with Gasteiger partial charge in [0.1, 0.15) is 0 Å². The Labute approximate surface area is 211 Å². The lowest BCUT2D eigenvalue weighted by Crippen LogP contribution is -2.35. The van der Waals surface area contributed by atoms with Crippen molar-refractivity contribution >= 4 is 22.5 Å². The molecule has 36 heavy (non-hydrogen) atoms. The third kappa shape index (κ3) is 4.69. The van der Waals surface area contributed by atoms with Gasteiger partial charge in [0.25, 0.3) is 0 Å². The smallest absolute Gasteiger partial charge is 0.302 e. The van der Waals surface area contributed by atoms with Crippen LogP contribution in [-0.4, -0.2) is 46.8 Å². The van der Waals surface area contributed by atoms with E-state index in [9.17, 15) is 9.90 Å². The van der Waals surface area contributed by atoms with Crippen LogP contribution in [0.4, 0.5) is 5.69 Å². The van der Waals surface area contributed by atoms with Crippen LogP contribution in [0.5, 0.6) is 17.4 Å². The van der Waals surface area contributed by atoms with E-state index in [-0.39, 0.29) is 12.5 Å². The minimum absolute atomic E-state index is 0.0178. The van der Waals surface area contributed by atoms with E-state index in [4.69, 9.17) is 9.47 Å². The number of carbonyl (C=O) groups is 1. The summed E-state index contributed by atoms with van der Waals surface area (Å²) in [5.74, 6) is 0.451. The summed E-state index contributed by atoms with van der Waals surface area (Å²) in [6.45, 7) is 8.39. The Morgan fingerprint density at radius 3 is 2.58 bits per heavy atom. The van der Waals surface area contributed by atoms with E-state index in [1.54, 1.807) is 25.3 Å². The van der Waals surface area contributed by atoms with Gasteiger partial charge in [-0.05, 0) is 48.3 Å². The highest BCUT2D eigenvalue weighted by atomic mass is 16.5. The van der Waals surface area contributed by atoms with Crippen LogP contribution in [0.25, 0.3) is 10.9 Å². The number of hydrogen-bond donors (Lipinski definition) is 1. The number of hydrogen-bond acceptors (Lipinski definition) is 6. The molecule has 8 heteroatoms. The highest BCUT2D eigenvalue weighted by molar-refractivity contribution is 5.95. The molecule has 1 N–H and O–H groups in total. The van der Waals surface area contributed by atoms with Crippen molar-refractivity contribution in [1.82, 2.24) is 9.47 Å². The molecule has 0 radical (unpaired) electrons. The lowest BCUT2D eigenvalue weighted by Gasteiger charge is -2.40. The van der Waals surface area contributed by atoms with Crippen LogP contribution >= 0.6 is 0 Å². The van der Waals surface area contributed by atoms with Crippen LogP contribution in [0, 0.1) is 10.8 Å². The van der Waals surface area contributed by atoms with Crippen molar-refractivity contribution in [1.29, 1.82) is 0 Å². The topological polar surface area (TPSA) is 88.6 Å². The van der Waals surface area contributed by atoms with Gasteiger partial charge in [-0.3, -0.25) is 14.3 Å². The molecule has 1 aliphatic carbocycles. The number of aromatic nitrogens is 1. The van der Waals surface area contributed by atoms with E-state index in [1.165, 1.54) is 12.8 Å². The summed E-state index contributed by atoms with van der Waals surface area (Å²) in [7, 11) is 1.54. The Balaban J connectivity index is 1.36. The zero-order valence-electron chi connectivity index (χ0n) is 21.4. The molecule has 1 amide bonds. The van der Waals surface area contributed by atoms with Gasteiger partial charge in [-0.1, -0.05) is 51.1 Å². The van der Waals surface area contributed by atoms with Crippen LogP contribution < -0.4 is 9.47 Å². The molecule has 2 atom stereocenters. The Bertz CT molecular complexity index is 1310. The summed E-state index contributed by atoms with van der Waals surface area (Å²) in [6.07, 6.45) is 3.55. The van der Waals surface area contributed by atoms with Gasteiger partial charge in [-0.2, -0.15) is 0 Å². The summed E-state index contributed by atoms with van der Waals surface area (Å²) < 4.78 is 12.7. The number of benzene rings is 2. The number of para-hydroxylation sites is 3. The van der Waals surface area contributed by atoms with Crippen molar-refractivity contribution in [2.24, 2.45) is 21.1 Å². The number of likely N-dealkylation sites (tertiary alicyclic amines) is 1. The third-order valence-electron chi connectivity index (χ3n) is 7.45. The number of azo groups is 1. The predicted octanol–water partition coefficient (Wildman–Crippen LogP) is 5.90. The van der Waals surface area contributed by atoms with E-state index in [0.717, 1.165) is 23.9 Å². The maximum Gasteiger partial charge on any atom is 0.302 e. The normalized spacial score (nSPS) is 23.4. The molecule has 0 unspecified atom stereocenters. The number of rotatable bonds is 7. The fourth-order valence-corrected chi connectivity index (χ4v) is 6.45. The number of carbonyl (C=O) groups excluding carboxylic acids is 1. The van der Waals surface area contributed by atoms with Gasteiger partial charge in [-0.15, -0.1) is 10.2 Å². The second kappa shape index (κ2) is 9.24. The second-order valence-electron chi connectivity index (χ2n) is 11.3. The second-order valence-corrected chi connectivity index (χ2v) is 11.3. The van der Waals surface area contributed by atoms with E-state index in [0.29, 0.717) is 40.7 Å². The zero-order chi connectivity index (χ0) is 25.5. The number of ether oxygens (including phenoxy) is 2. The fraction of sp³-hybridized carbons (Fsp3) is 0.464. The van der Waals surface area contributed by atoms with Crippen molar-refractivity contribution < 1.29 is 19.4 Å². The molecule has 2 aliphatic rings. The molecule has 1 saturated carbocycles. The maximum absolute atomic E-state index is 12.4. The average Bonchev–Trinajstić information content (AvgIpc) is 3.24. The van der Waals surface area contributed by atoms with Gasteiger partial charge >= 0.3 is 5.91 Å². The molecule has 2 bridgehead atoms. The number of aromatic hydroxyl groups is 1. The Hall–Kier alpha value is -3.39. The first-order chi connectivity index (χ1) is 17.2. The maximum atomic E-state index is 12.4. The highest BCUT2D eigenvalue weighted by Crippen LogP contribution is 2.53. The van der Waals surface area contributed by atoms with Crippen LogP contribution in [0.2, 0.25) is 0 Å². The Kier molecular flexibility index (Phi) is 6.24. The Morgan fingerprint density at radius 2 is 1.81 bits per heavy atom. The van der Waals surface area contributed by atoms with Crippen molar-refractivity contribution in [3.63, 3.8) is 0 Å². The standard InChI is InChI=1S/C28H34N4O4/c1-27(2)13-19-14-28(3,16-27)17-31(19)18-32-21-10-6-5-9-20(21)25(26(32)34)30-29-24(33)15-36-23-12-8-7-11-22(23)35-4/h5-12,19,34H,13-18H2,1-4H3/t19-,28+/m0/s1. The van der Waals surface area contributed by atoms with Gasteiger partial charge in [0, 0.05) is 18.0 Å². The lowest BCUT2D eigenvalue weighted by molar-refractivity contribution is -0.120. The molecule has 2 fully saturated rings. The van der Waals surface area contributed by atoms with Crippen molar-refractivity contribution in [3.8, 4) is 17.4 Å². The van der Waals surface area contributed by atoms with Crippen LogP contribution in [0.15, 0.2) is 58.8 Å². The molecule has 2 heterocycles. The van der Waals surface area contributed by atoms with Crippen LogP contribution in [0.3, 0.4) is 0 Å². The van der Waals surface area contributed by atoms with E-state index < -0.39 is 5.91 Å². The number of nitrogens with zero attached hydrogens (tertiary/aromatic N) is 4. The number of fused-ring (bicyclic) bond motifs is 3. The fourth-order valence-electron chi connectivity index (χ4n) is 6.45. The SMILES string of the molecule is COc1ccccc1OCC(=O)N=Nc1c(O)n(CN2C[C@]3(C)C[C@@H]2CC(C)(C)C3)c2ccccc12. The molecular weight excluding hydrogens is 456 g/mol.